The van der Waals surface area contributed by atoms with Crippen LogP contribution in [0, 0.1) is 11.7 Å². The van der Waals surface area contributed by atoms with Gasteiger partial charge in [-0.3, -0.25) is 4.79 Å². The third kappa shape index (κ3) is 5.21. The van der Waals surface area contributed by atoms with E-state index in [1.54, 1.807) is 24.3 Å². The lowest BCUT2D eigenvalue weighted by Gasteiger charge is -2.37. The third-order valence-corrected chi connectivity index (χ3v) is 7.28. The van der Waals surface area contributed by atoms with Crippen LogP contribution in [0.4, 0.5) is 10.1 Å². The van der Waals surface area contributed by atoms with E-state index in [-0.39, 0.29) is 17.6 Å². The minimum Gasteiger partial charge on any atom is -0.350 e. The van der Waals surface area contributed by atoms with E-state index >= 15 is 0 Å². The third-order valence-electron chi connectivity index (χ3n) is 6.54. The Kier molecular flexibility index (Phi) is 7.78. The number of nitrogens with one attached hydrogen (secondary N) is 1. The number of halogens is 3. The molecule has 3 aromatic carbocycles. The second-order valence-corrected chi connectivity index (χ2v) is 9.73. The summed E-state index contributed by atoms with van der Waals surface area (Å²) in [6.45, 7) is 4.37. The maximum atomic E-state index is 13.9. The first-order valence-electron chi connectivity index (χ1n) is 11.8. The maximum absolute atomic E-state index is 13.9. The summed E-state index contributed by atoms with van der Waals surface area (Å²) >= 11 is 12.2. The molecule has 0 saturated carbocycles. The SMILES string of the molecule is CCCCC1C(c2ccc(F)cc2)=NN(c2ccccc2)C1(C)C(=O)NCc1ccc(Cl)c(Cl)c1. The quantitative estimate of drug-likeness (QED) is 0.346. The van der Waals surface area contributed by atoms with Gasteiger partial charge in [0, 0.05) is 12.5 Å². The van der Waals surface area contributed by atoms with Crippen LogP contribution in [0.15, 0.2) is 77.9 Å². The fourth-order valence-electron chi connectivity index (χ4n) is 4.56. The molecule has 0 saturated heterocycles. The van der Waals surface area contributed by atoms with Crippen molar-refractivity contribution in [3.8, 4) is 0 Å². The minimum atomic E-state index is -0.990. The van der Waals surface area contributed by atoms with Gasteiger partial charge in [-0.2, -0.15) is 5.10 Å². The van der Waals surface area contributed by atoms with E-state index in [0.717, 1.165) is 41.8 Å². The molecule has 2 atom stereocenters. The van der Waals surface area contributed by atoms with Crippen LogP contribution in [-0.4, -0.2) is 17.2 Å². The molecular formula is C28H28Cl2FN3O. The average Bonchev–Trinajstić information content (AvgIpc) is 3.17. The highest BCUT2D eigenvalue weighted by atomic mass is 35.5. The lowest BCUT2D eigenvalue weighted by molar-refractivity contribution is -0.127. The number of anilines is 1. The molecule has 0 fully saturated rings. The van der Waals surface area contributed by atoms with Crippen molar-refractivity contribution >= 4 is 40.5 Å². The number of amides is 1. The van der Waals surface area contributed by atoms with Gasteiger partial charge in [-0.25, -0.2) is 9.40 Å². The largest absolute Gasteiger partial charge is 0.350 e. The Morgan fingerprint density at radius 1 is 1.06 bits per heavy atom. The zero-order valence-electron chi connectivity index (χ0n) is 19.8. The lowest BCUT2D eigenvalue weighted by atomic mass is 9.77. The Morgan fingerprint density at radius 3 is 2.43 bits per heavy atom. The van der Waals surface area contributed by atoms with Crippen molar-refractivity contribution in [1.82, 2.24) is 5.32 Å². The summed E-state index contributed by atoms with van der Waals surface area (Å²) < 4.78 is 13.7. The highest BCUT2D eigenvalue weighted by Crippen LogP contribution is 2.41. The topological polar surface area (TPSA) is 44.7 Å². The summed E-state index contributed by atoms with van der Waals surface area (Å²) in [5.74, 6) is -0.643. The number of para-hydroxylation sites is 1. The molecule has 35 heavy (non-hydrogen) atoms. The summed E-state index contributed by atoms with van der Waals surface area (Å²) in [6.07, 6.45) is 2.69. The van der Waals surface area contributed by atoms with Gasteiger partial charge in [-0.05, 0) is 60.9 Å². The van der Waals surface area contributed by atoms with Gasteiger partial charge in [-0.15, -0.1) is 0 Å². The van der Waals surface area contributed by atoms with E-state index in [2.05, 4.69) is 12.2 Å². The molecule has 1 amide bonds. The van der Waals surface area contributed by atoms with Gasteiger partial charge in [0.25, 0.3) is 0 Å². The van der Waals surface area contributed by atoms with Crippen molar-refractivity contribution in [3.63, 3.8) is 0 Å². The molecule has 3 aromatic rings. The molecule has 1 aliphatic heterocycles. The molecule has 0 radical (unpaired) electrons. The number of benzene rings is 3. The number of carbonyl (C=O) groups excluding carboxylic acids is 1. The molecule has 1 heterocycles. The predicted octanol–water partition coefficient (Wildman–Crippen LogP) is 7.24. The highest BCUT2D eigenvalue weighted by molar-refractivity contribution is 6.42. The summed E-state index contributed by atoms with van der Waals surface area (Å²) in [6, 6.07) is 21.3. The van der Waals surface area contributed by atoms with E-state index in [0.29, 0.717) is 16.6 Å². The molecule has 7 heteroatoms. The number of rotatable bonds is 8. The molecule has 4 rings (SSSR count). The van der Waals surface area contributed by atoms with Gasteiger partial charge in [0.1, 0.15) is 11.4 Å². The number of hydrazone groups is 1. The van der Waals surface area contributed by atoms with Crippen LogP contribution < -0.4 is 10.3 Å². The second-order valence-electron chi connectivity index (χ2n) is 8.91. The molecule has 1 N–H and O–H groups in total. The Labute approximate surface area is 215 Å². The molecule has 0 bridgehead atoms. The zero-order chi connectivity index (χ0) is 25.0. The van der Waals surface area contributed by atoms with Crippen LogP contribution >= 0.6 is 23.2 Å². The maximum Gasteiger partial charge on any atom is 0.248 e. The van der Waals surface area contributed by atoms with Crippen molar-refractivity contribution in [2.75, 3.05) is 5.01 Å². The number of hydrogen-bond acceptors (Lipinski definition) is 3. The number of hydrogen-bond donors (Lipinski definition) is 1. The summed E-state index contributed by atoms with van der Waals surface area (Å²) in [7, 11) is 0. The molecule has 0 spiro atoms. The van der Waals surface area contributed by atoms with Crippen molar-refractivity contribution in [2.24, 2.45) is 11.0 Å². The fraction of sp³-hybridized carbons (Fsp3) is 0.286. The van der Waals surface area contributed by atoms with Crippen molar-refractivity contribution in [3.05, 3.63) is 99.8 Å². The minimum absolute atomic E-state index is 0.144. The Morgan fingerprint density at radius 2 is 1.77 bits per heavy atom. The van der Waals surface area contributed by atoms with Gasteiger partial charge in [0.15, 0.2) is 0 Å². The Hall–Kier alpha value is -2.89. The van der Waals surface area contributed by atoms with E-state index in [9.17, 15) is 9.18 Å². The van der Waals surface area contributed by atoms with Gasteiger partial charge in [-0.1, -0.05) is 79.4 Å². The second kappa shape index (κ2) is 10.8. The first kappa shape index (κ1) is 25.2. The molecule has 182 valence electrons. The number of nitrogens with zero attached hydrogens (tertiary/aromatic N) is 2. The first-order chi connectivity index (χ1) is 16.8. The lowest BCUT2D eigenvalue weighted by Crippen LogP contribution is -2.57. The van der Waals surface area contributed by atoms with Crippen LogP contribution in [-0.2, 0) is 11.3 Å². The first-order valence-corrected chi connectivity index (χ1v) is 12.5. The van der Waals surface area contributed by atoms with Crippen LogP contribution in [0.5, 0.6) is 0 Å². The molecular weight excluding hydrogens is 484 g/mol. The van der Waals surface area contributed by atoms with Gasteiger partial charge >= 0.3 is 0 Å². The fourth-order valence-corrected chi connectivity index (χ4v) is 4.88. The van der Waals surface area contributed by atoms with E-state index in [1.165, 1.54) is 12.1 Å². The van der Waals surface area contributed by atoms with Gasteiger partial charge in [0.2, 0.25) is 5.91 Å². The summed E-state index contributed by atoms with van der Waals surface area (Å²) in [5, 5.41) is 10.8. The van der Waals surface area contributed by atoms with E-state index in [4.69, 9.17) is 28.3 Å². The van der Waals surface area contributed by atoms with Gasteiger partial charge < -0.3 is 5.32 Å². The molecule has 1 aliphatic rings. The number of unbranched alkanes of at least 4 members (excludes halogenated alkanes) is 1. The zero-order valence-corrected chi connectivity index (χ0v) is 21.3. The van der Waals surface area contributed by atoms with Crippen LogP contribution in [0.1, 0.15) is 44.2 Å². The predicted molar refractivity (Wildman–Crippen MR) is 142 cm³/mol. The normalized spacial score (nSPS) is 19.5. The van der Waals surface area contributed by atoms with Crippen LogP contribution in [0.25, 0.3) is 0 Å². The van der Waals surface area contributed by atoms with Gasteiger partial charge in [0.05, 0.1) is 21.4 Å². The van der Waals surface area contributed by atoms with Crippen molar-refractivity contribution < 1.29 is 9.18 Å². The van der Waals surface area contributed by atoms with Crippen molar-refractivity contribution in [1.29, 1.82) is 0 Å². The van der Waals surface area contributed by atoms with Crippen LogP contribution in [0.3, 0.4) is 0 Å². The standard InChI is InChI=1S/C28H28Cl2FN3O/c1-3-4-10-23-26(20-12-14-21(31)15-13-20)33-34(22-8-6-5-7-9-22)28(23,2)27(35)32-18-19-11-16-24(29)25(30)17-19/h5-9,11-17,23H,3-4,10,18H2,1-2H3,(H,32,35). The Balaban J connectivity index is 1.72. The average molecular weight is 512 g/mol. The Bertz CT molecular complexity index is 1220. The van der Waals surface area contributed by atoms with Crippen molar-refractivity contribution in [2.45, 2.75) is 45.2 Å². The summed E-state index contributed by atoms with van der Waals surface area (Å²) in [4.78, 5) is 13.9. The van der Waals surface area contributed by atoms with Crippen LogP contribution in [0.2, 0.25) is 10.0 Å². The number of carbonyl (C=O) groups is 1. The molecule has 2 unspecified atom stereocenters. The molecule has 0 aliphatic carbocycles. The summed E-state index contributed by atoms with van der Waals surface area (Å²) in [5.41, 5.74) is 2.28. The smallest absolute Gasteiger partial charge is 0.248 e. The van der Waals surface area contributed by atoms with E-state index < -0.39 is 5.54 Å². The molecule has 0 aromatic heterocycles. The monoisotopic (exact) mass is 511 g/mol. The highest BCUT2D eigenvalue weighted by Gasteiger charge is 2.53. The molecule has 4 nitrogen and oxygen atoms in total. The van der Waals surface area contributed by atoms with E-state index in [1.807, 2.05) is 48.3 Å².